The van der Waals surface area contributed by atoms with Gasteiger partial charge in [0.05, 0.1) is 12.5 Å². The lowest BCUT2D eigenvalue weighted by atomic mass is 10.1. The first-order valence-corrected chi connectivity index (χ1v) is 7.52. The van der Waals surface area contributed by atoms with Gasteiger partial charge in [-0.15, -0.1) is 0 Å². The van der Waals surface area contributed by atoms with E-state index in [9.17, 15) is 9.59 Å². The van der Waals surface area contributed by atoms with Crippen molar-refractivity contribution >= 4 is 11.9 Å². The van der Waals surface area contributed by atoms with Crippen LogP contribution in [0.2, 0.25) is 0 Å². The lowest BCUT2D eigenvalue weighted by molar-refractivity contribution is -0.141. The molecule has 1 N–H and O–H groups in total. The largest absolute Gasteiger partial charge is 0.481 e. The Hall–Kier alpha value is -1.10. The van der Waals surface area contributed by atoms with Crippen molar-refractivity contribution in [3.8, 4) is 0 Å². The lowest BCUT2D eigenvalue weighted by Gasteiger charge is -2.28. The van der Waals surface area contributed by atoms with Gasteiger partial charge in [0.25, 0.3) is 0 Å². The zero-order valence-electron chi connectivity index (χ0n) is 13.1. The van der Waals surface area contributed by atoms with Crippen LogP contribution in [0.4, 0.5) is 0 Å². The second kappa shape index (κ2) is 7.62. The van der Waals surface area contributed by atoms with Crippen molar-refractivity contribution in [2.45, 2.75) is 34.1 Å². The Morgan fingerprint density at radius 1 is 1.20 bits per heavy atom. The van der Waals surface area contributed by atoms with E-state index >= 15 is 0 Å². The summed E-state index contributed by atoms with van der Waals surface area (Å²) in [5, 5.41) is 8.99. The molecule has 5 nitrogen and oxygen atoms in total. The molecule has 0 radical (unpaired) electrons. The molecule has 0 spiro atoms. The average molecular weight is 284 g/mol. The summed E-state index contributed by atoms with van der Waals surface area (Å²) in [6, 6.07) is 0. The van der Waals surface area contributed by atoms with Crippen LogP contribution in [-0.4, -0.2) is 59.5 Å². The fourth-order valence-corrected chi connectivity index (χ4v) is 2.63. The lowest BCUT2D eigenvalue weighted by Crippen LogP contribution is -2.43. The van der Waals surface area contributed by atoms with E-state index in [0.717, 1.165) is 13.1 Å². The third kappa shape index (κ3) is 5.49. The van der Waals surface area contributed by atoms with E-state index < -0.39 is 5.97 Å². The van der Waals surface area contributed by atoms with Crippen molar-refractivity contribution in [1.82, 2.24) is 9.80 Å². The molecule has 1 aliphatic rings. The second-order valence-corrected chi connectivity index (χ2v) is 6.65. The number of carboxylic acids is 1. The smallest absolute Gasteiger partial charge is 0.307 e. The molecule has 0 aromatic heterocycles. The number of carbonyl (C=O) groups is 2. The maximum absolute atomic E-state index is 12.4. The number of hydrogen-bond donors (Lipinski definition) is 1. The molecule has 0 saturated carbocycles. The van der Waals surface area contributed by atoms with Crippen LogP contribution in [0.3, 0.4) is 0 Å². The van der Waals surface area contributed by atoms with Crippen LogP contribution in [-0.2, 0) is 9.59 Å². The van der Waals surface area contributed by atoms with Crippen LogP contribution in [0, 0.1) is 17.8 Å². The van der Waals surface area contributed by atoms with Gasteiger partial charge in [-0.2, -0.15) is 0 Å². The highest BCUT2D eigenvalue weighted by Crippen LogP contribution is 2.16. The Balaban J connectivity index is 2.51. The van der Waals surface area contributed by atoms with Gasteiger partial charge in [-0.1, -0.05) is 27.7 Å². The highest BCUT2D eigenvalue weighted by atomic mass is 16.4. The van der Waals surface area contributed by atoms with Gasteiger partial charge < -0.3 is 10.0 Å². The Kier molecular flexibility index (Phi) is 6.46. The van der Waals surface area contributed by atoms with Gasteiger partial charge in [0.1, 0.15) is 0 Å². The minimum absolute atomic E-state index is 0.124. The van der Waals surface area contributed by atoms with E-state index in [0.29, 0.717) is 37.9 Å². The van der Waals surface area contributed by atoms with Gasteiger partial charge in [0.15, 0.2) is 0 Å². The molecule has 5 heteroatoms. The van der Waals surface area contributed by atoms with Crippen LogP contribution in [0.25, 0.3) is 0 Å². The Morgan fingerprint density at radius 3 is 2.15 bits per heavy atom. The Labute approximate surface area is 121 Å². The standard InChI is InChI=1S/C15H28N2O3/c1-11(2)7-17(8-12(3)4)14(18)10-16-6-5-13(9-16)15(19)20/h11-13H,5-10H2,1-4H3,(H,19,20)/t13-/m0/s1. The molecule has 1 amide bonds. The van der Waals surface area contributed by atoms with Crippen molar-refractivity contribution in [2.75, 3.05) is 32.7 Å². The topological polar surface area (TPSA) is 60.9 Å². The van der Waals surface area contributed by atoms with Crippen molar-refractivity contribution in [1.29, 1.82) is 0 Å². The molecule has 0 bridgehead atoms. The minimum atomic E-state index is -0.749. The predicted octanol–water partition coefficient (Wildman–Crippen LogP) is 1.53. The van der Waals surface area contributed by atoms with Crippen LogP contribution in [0.1, 0.15) is 34.1 Å². The van der Waals surface area contributed by atoms with E-state index in [1.54, 1.807) is 0 Å². The molecule has 0 aliphatic carbocycles. The molecule has 1 heterocycles. The molecule has 1 fully saturated rings. The number of nitrogens with zero attached hydrogens (tertiary/aromatic N) is 2. The summed E-state index contributed by atoms with van der Waals surface area (Å²) < 4.78 is 0. The summed E-state index contributed by atoms with van der Waals surface area (Å²) in [5.74, 6) is -0.0443. The summed E-state index contributed by atoms with van der Waals surface area (Å²) in [6.45, 7) is 11.5. The number of carboxylic acid groups (broad SMARTS) is 1. The molecular weight excluding hydrogens is 256 g/mol. The molecule has 20 heavy (non-hydrogen) atoms. The van der Waals surface area contributed by atoms with Gasteiger partial charge in [-0.25, -0.2) is 0 Å². The zero-order chi connectivity index (χ0) is 15.3. The summed E-state index contributed by atoms with van der Waals surface area (Å²) in [5.41, 5.74) is 0. The highest BCUT2D eigenvalue weighted by molar-refractivity contribution is 5.78. The van der Waals surface area contributed by atoms with Gasteiger partial charge in [-0.05, 0) is 24.8 Å². The molecule has 1 rings (SSSR count). The van der Waals surface area contributed by atoms with Crippen molar-refractivity contribution < 1.29 is 14.7 Å². The van der Waals surface area contributed by atoms with E-state index in [1.807, 2.05) is 9.80 Å². The third-order valence-electron chi connectivity index (χ3n) is 3.50. The SMILES string of the molecule is CC(C)CN(CC(C)C)C(=O)CN1CC[C@H](C(=O)O)C1. The monoisotopic (exact) mass is 284 g/mol. The average Bonchev–Trinajstić information content (AvgIpc) is 2.75. The summed E-state index contributed by atoms with van der Waals surface area (Å²) in [4.78, 5) is 27.2. The molecule has 1 atom stereocenters. The van der Waals surface area contributed by atoms with E-state index in [4.69, 9.17) is 5.11 Å². The van der Waals surface area contributed by atoms with E-state index in [2.05, 4.69) is 27.7 Å². The maximum Gasteiger partial charge on any atom is 0.307 e. The van der Waals surface area contributed by atoms with Crippen molar-refractivity contribution in [3.63, 3.8) is 0 Å². The molecular formula is C15H28N2O3. The number of carbonyl (C=O) groups excluding carboxylic acids is 1. The molecule has 0 aromatic carbocycles. The fraction of sp³-hybridized carbons (Fsp3) is 0.867. The predicted molar refractivity (Wildman–Crippen MR) is 78.4 cm³/mol. The Bertz CT molecular complexity index is 332. The van der Waals surface area contributed by atoms with Gasteiger partial charge >= 0.3 is 5.97 Å². The molecule has 0 aromatic rings. The minimum Gasteiger partial charge on any atom is -0.481 e. The van der Waals surface area contributed by atoms with Gasteiger partial charge in [0, 0.05) is 19.6 Å². The molecule has 0 unspecified atom stereocenters. The highest BCUT2D eigenvalue weighted by Gasteiger charge is 2.30. The van der Waals surface area contributed by atoms with Gasteiger partial charge in [-0.3, -0.25) is 14.5 Å². The summed E-state index contributed by atoms with van der Waals surface area (Å²) in [6.07, 6.45) is 0.650. The van der Waals surface area contributed by atoms with E-state index in [-0.39, 0.29) is 11.8 Å². The van der Waals surface area contributed by atoms with Crippen molar-refractivity contribution in [3.05, 3.63) is 0 Å². The second-order valence-electron chi connectivity index (χ2n) is 6.65. The first kappa shape index (κ1) is 17.0. The number of aliphatic carboxylic acids is 1. The quantitative estimate of drug-likeness (QED) is 0.770. The number of amides is 1. The first-order valence-electron chi connectivity index (χ1n) is 7.52. The van der Waals surface area contributed by atoms with Crippen molar-refractivity contribution in [2.24, 2.45) is 17.8 Å². The van der Waals surface area contributed by atoms with Crippen LogP contribution in [0.15, 0.2) is 0 Å². The van der Waals surface area contributed by atoms with Gasteiger partial charge in [0.2, 0.25) is 5.91 Å². The third-order valence-corrected chi connectivity index (χ3v) is 3.50. The molecule has 1 saturated heterocycles. The number of hydrogen-bond acceptors (Lipinski definition) is 3. The Morgan fingerprint density at radius 2 is 1.75 bits per heavy atom. The maximum atomic E-state index is 12.4. The summed E-state index contributed by atoms with van der Waals surface area (Å²) in [7, 11) is 0. The summed E-state index contributed by atoms with van der Waals surface area (Å²) >= 11 is 0. The molecule has 116 valence electrons. The van der Waals surface area contributed by atoms with Crippen LogP contribution < -0.4 is 0 Å². The first-order chi connectivity index (χ1) is 9.29. The number of likely N-dealkylation sites (tertiary alicyclic amines) is 1. The molecule has 1 aliphatic heterocycles. The fourth-order valence-electron chi connectivity index (χ4n) is 2.63. The zero-order valence-corrected chi connectivity index (χ0v) is 13.1. The normalized spacial score (nSPS) is 19.8. The van der Waals surface area contributed by atoms with Crippen LogP contribution >= 0.6 is 0 Å². The van der Waals surface area contributed by atoms with E-state index in [1.165, 1.54) is 0 Å². The van der Waals surface area contributed by atoms with Crippen LogP contribution in [0.5, 0.6) is 0 Å². The number of rotatable bonds is 7.